The van der Waals surface area contributed by atoms with Gasteiger partial charge < -0.3 is 10.6 Å². The highest BCUT2D eigenvalue weighted by Gasteiger charge is 2.31. The van der Waals surface area contributed by atoms with Crippen LogP contribution in [0.1, 0.15) is 27.2 Å². The van der Waals surface area contributed by atoms with Crippen molar-refractivity contribution in [3.05, 3.63) is 30.2 Å². The number of nitrogen functional groups attached to an aromatic ring is 1. The number of fused-ring (bicyclic) bond motifs is 1. The van der Waals surface area contributed by atoms with Crippen molar-refractivity contribution in [1.82, 2.24) is 4.98 Å². The average Bonchev–Trinajstić information content (AvgIpc) is 2.44. The van der Waals surface area contributed by atoms with Gasteiger partial charge in [0, 0.05) is 29.9 Å². The van der Waals surface area contributed by atoms with Crippen LogP contribution in [0.5, 0.6) is 0 Å². The quantitative estimate of drug-likeness (QED) is 0.811. The fourth-order valence-corrected chi connectivity index (χ4v) is 3.51. The predicted molar refractivity (Wildman–Crippen MR) is 85.9 cm³/mol. The number of halogens is 1. The predicted octanol–water partition coefficient (Wildman–Crippen LogP) is 3.83. The van der Waals surface area contributed by atoms with Crippen LogP contribution in [0.25, 0.3) is 10.9 Å². The van der Waals surface area contributed by atoms with Gasteiger partial charge in [-0.2, -0.15) is 0 Å². The first kappa shape index (κ1) is 14.1. The molecule has 2 aromatic rings. The van der Waals surface area contributed by atoms with Crippen molar-refractivity contribution in [2.24, 2.45) is 11.8 Å². The normalized spacial score (nSPS) is 26.3. The minimum Gasteiger partial charge on any atom is -0.398 e. The Kier molecular flexibility index (Phi) is 3.47. The van der Waals surface area contributed by atoms with Crippen molar-refractivity contribution >= 4 is 22.3 Å². The highest BCUT2D eigenvalue weighted by molar-refractivity contribution is 5.99. The molecule has 1 saturated heterocycles. The standard InChI is InChI=1S/C17H22FN3/c1-10-7-11(2)12(3)21(9-10)17-14(18)8-15(19)13-5-4-6-20-16(13)17/h4-6,8,10-12H,7,9,19H2,1-3H3. The second kappa shape index (κ2) is 5.17. The fraction of sp³-hybridized carbons (Fsp3) is 0.471. The number of nitrogens with zero attached hydrogens (tertiary/aromatic N) is 2. The number of hydrogen-bond acceptors (Lipinski definition) is 3. The van der Waals surface area contributed by atoms with Gasteiger partial charge in [-0.25, -0.2) is 4.39 Å². The van der Waals surface area contributed by atoms with Gasteiger partial charge in [0.2, 0.25) is 0 Å². The lowest BCUT2D eigenvalue weighted by Crippen LogP contribution is -2.46. The summed E-state index contributed by atoms with van der Waals surface area (Å²) in [6.07, 6.45) is 2.88. The molecule has 0 spiro atoms. The molecule has 1 aromatic heterocycles. The lowest BCUT2D eigenvalue weighted by molar-refractivity contribution is 0.295. The fourth-order valence-electron chi connectivity index (χ4n) is 3.51. The van der Waals surface area contributed by atoms with E-state index in [1.807, 2.05) is 12.1 Å². The van der Waals surface area contributed by atoms with Crippen molar-refractivity contribution in [1.29, 1.82) is 0 Å². The SMILES string of the molecule is CC1CC(C)C(C)N(c2c(F)cc(N)c3cccnc23)C1. The Morgan fingerprint density at radius 1 is 1.33 bits per heavy atom. The average molecular weight is 287 g/mol. The largest absolute Gasteiger partial charge is 0.398 e. The molecule has 2 N–H and O–H groups in total. The summed E-state index contributed by atoms with van der Waals surface area (Å²) >= 11 is 0. The van der Waals surface area contributed by atoms with Crippen LogP contribution in [0.2, 0.25) is 0 Å². The van der Waals surface area contributed by atoms with Crippen LogP contribution in [0.15, 0.2) is 24.4 Å². The Morgan fingerprint density at radius 2 is 2.10 bits per heavy atom. The first-order valence-corrected chi connectivity index (χ1v) is 7.58. The number of aromatic nitrogens is 1. The lowest BCUT2D eigenvalue weighted by atomic mass is 9.85. The molecule has 0 amide bonds. The molecule has 3 rings (SSSR count). The summed E-state index contributed by atoms with van der Waals surface area (Å²) in [7, 11) is 0. The minimum atomic E-state index is -0.271. The molecule has 0 radical (unpaired) electrons. The second-order valence-corrected chi connectivity index (χ2v) is 6.41. The molecule has 3 nitrogen and oxygen atoms in total. The topological polar surface area (TPSA) is 42.1 Å². The molecular formula is C17H22FN3. The summed E-state index contributed by atoms with van der Waals surface area (Å²) in [5.74, 6) is 0.809. The first-order valence-electron chi connectivity index (χ1n) is 7.58. The van der Waals surface area contributed by atoms with Crippen molar-refractivity contribution in [3.8, 4) is 0 Å². The number of hydrogen-bond donors (Lipinski definition) is 1. The summed E-state index contributed by atoms with van der Waals surface area (Å²) in [5.41, 5.74) is 7.67. The number of piperidine rings is 1. The molecule has 4 heteroatoms. The molecule has 3 unspecified atom stereocenters. The van der Waals surface area contributed by atoms with Crippen LogP contribution in [0.3, 0.4) is 0 Å². The molecule has 1 aliphatic heterocycles. The number of pyridine rings is 1. The van der Waals surface area contributed by atoms with Gasteiger partial charge in [-0.05, 0) is 43.4 Å². The van der Waals surface area contributed by atoms with Crippen molar-refractivity contribution < 1.29 is 4.39 Å². The Morgan fingerprint density at radius 3 is 2.86 bits per heavy atom. The third-order valence-electron chi connectivity index (χ3n) is 4.74. The smallest absolute Gasteiger partial charge is 0.150 e. The van der Waals surface area contributed by atoms with Gasteiger partial charge in [0.15, 0.2) is 5.82 Å². The monoisotopic (exact) mass is 287 g/mol. The van der Waals surface area contributed by atoms with E-state index in [-0.39, 0.29) is 5.82 Å². The molecule has 1 fully saturated rings. The maximum Gasteiger partial charge on any atom is 0.150 e. The third-order valence-corrected chi connectivity index (χ3v) is 4.74. The van der Waals surface area contributed by atoms with Crippen LogP contribution in [0.4, 0.5) is 15.8 Å². The molecule has 0 saturated carbocycles. The van der Waals surface area contributed by atoms with E-state index in [4.69, 9.17) is 5.73 Å². The second-order valence-electron chi connectivity index (χ2n) is 6.41. The first-order chi connectivity index (χ1) is 9.99. The van der Waals surface area contributed by atoms with Gasteiger partial charge in [0.25, 0.3) is 0 Å². The highest BCUT2D eigenvalue weighted by Crippen LogP contribution is 2.38. The van der Waals surface area contributed by atoms with Crippen LogP contribution in [0, 0.1) is 17.7 Å². The molecule has 21 heavy (non-hydrogen) atoms. The number of rotatable bonds is 1. The van der Waals surface area contributed by atoms with Crippen LogP contribution < -0.4 is 10.6 Å². The van der Waals surface area contributed by atoms with E-state index in [0.29, 0.717) is 34.8 Å². The van der Waals surface area contributed by atoms with Gasteiger partial charge in [0.1, 0.15) is 5.69 Å². The minimum absolute atomic E-state index is 0.271. The van der Waals surface area contributed by atoms with E-state index in [1.165, 1.54) is 12.5 Å². The molecule has 0 bridgehead atoms. The number of benzene rings is 1. The molecule has 3 atom stereocenters. The number of nitrogens with two attached hydrogens (primary N) is 1. The summed E-state index contributed by atoms with van der Waals surface area (Å²) in [6.45, 7) is 7.48. The summed E-state index contributed by atoms with van der Waals surface area (Å²) in [4.78, 5) is 6.57. The van der Waals surface area contributed by atoms with Crippen LogP contribution in [-0.2, 0) is 0 Å². The lowest BCUT2D eigenvalue weighted by Gasteiger charge is -2.43. The molecule has 2 heterocycles. The summed E-state index contributed by atoms with van der Waals surface area (Å²) < 4.78 is 14.6. The summed E-state index contributed by atoms with van der Waals surface area (Å²) in [6, 6.07) is 5.47. The van der Waals surface area contributed by atoms with E-state index in [9.17, 15) is 4.39 Å². The van der Waals surface area contributed by atoms with Crippen molar-refractivity contribution in [2.45, 2.75) is 33.2 Å². The molecule has 0 aliphatic carbocycles. The van der Waals surface area contributed by atoms with E-state index in [2.05, 4.69) is 30.7 Å². The zero-order valence-electron chi connectivity index (χ0n) is 12.8. The molecule has 1 aromatic carbocycles. The Hall–Kier alpha value is -1.84. The third kappa shape index (κ3) is 2.33. The Labute approximate surface area is 125 Å². The van der Waals surface area contributed by atoms with Gasteiger partial charge in [0.05, 0.1) is 5.52 Å². The van der Waals surface area contributed by atoms with Crippen molar-refractivity contribution in [2.75, 3.05) is 17.2 Å². The maximum atomic E-state index is 14.6. The van der Waals surface area contributed by atoms with Gasteiger partial charge in [-0.15, -0.1) is 0 Å². The van der Waals surface area contributed by atoms with Crippen LogP contribution >= 0.6 is 0 Å². The summed E-state index contributed by atoms with van der Waals surface area (Å²) in [5, 5.41) is 0.826. The maximum absolute atomic E-state index is 14.6. The zero-order chi connectivity index (χ0) is 15.1. The van der Waals surface area contributed by atoms with Crippen molar-refractivity contribution in [3.63, 3.8) is 0 Å². The molecular weight excluding hydrogens is 265 g/mol. The van der Waals surface area contributed by atoms with E-state index < -0.39 is 0 Å². The Balaban J connectivity index is 2.19. The highest BCUT2D eigenvalue weighted by atomic mass is 19.1. The van der Waals surface area contributed by atoms with Gasteiger partial charge in [-0.1, -0.05) is 13.8 Å². The van der Waals surface area contributed by atoms with E-state index >= 15 is 0 Å². The van der Waals surface area contributed by atoms with Gasteiger partial charge >= 0.3 is 0 Å². The van der Waals surface area contributed by atoms with Gasteiger partial charge in [-0.3, -0.25) is 4.98 Å². The van der Waals surface area contributed by atoms with E-state index in [1.54, 1.807) is 6.20 Å². The zero-order valence-corrected chi connectivity index (χ0v) is 12.8. The van der Waals surface area contributed by atoms with E-state index in [0.717, 1.165) is 11.9 Å². The Bertz CT molecular complexity index is 670. The van der Waals surface area contributed by atoms with Crippen LogP contribution in [-0.4, -0.2) is 17.6 Å². The number of anilines is 2. The molecule has 112 valence electrons. The molecule has 1 aliphatic rings.